The van der Waals surface area contributed by atoms with Crippen molar-refractivity contribution in [3.63, 3.8) is 0 Å². The van der Waals surface area contributed by atoms with Crippen molar-refractivity contribution in [1.82, 2.24) is 0 Å². The fourth-order valence-corrected chi connectivity index (χ4v) is 4.26. The number of aryl methyl sites for hydroxylation is 1. The average molecular weight is 284 g/mol. The lowest BCUT2D eigenvalue weighted by molar-refractivity contribution is -0.125. The summed E-state index contributed by atoms with van der Waals surface area (Å²) in [6.07, 6.45) is 4.27. The first kappa shape index (κ1) is 14.4. The fraction of sp³-hybridized carbons (Fsp3) is 0.526. The molecule has 2 atom stereocenters. The van der Waals surface area contributed by atoms with Crippen LogP contribution in [-0.2, 0) is 4.79 Å². The molecule has 2 aliphatic carbocycles. The molecule has 0 N–H and O–H groups in total. The number of hydrogen-bond donors (Lipinski definition) is 0. The smallest absolute Gasteiger partial charge is 0.165 e. The highest BCUT2D eigenvalue weighted by atomic mass is 16.5. The summed E-state index contributed by atoms with van der Waals surface area (Å²) >= 11 is 0. The molecule has 2 nitrogen and oxygen atoms in total. The maximum atomic E-state index is 12.8. The predicted octanol–water partition coefficient (Wildman–Crippen LogP) is 4.41. The van der Waals surface area contributed by atoms with Crippen LogP contribution in [-0.4, -0.2) is 12.9 Å². The Kier molecular flexibility index (Phi) is 3.05. The van der Waals surface area contributed by atoms with Crippen LogP contribution < -0.4 is 4.74 Å². The van der Waals surface area contributed by atoms with Gasteiger partial charge in [0.1, 0.15) is 5.75 Å². The molecule has 2 unspecified atom stereocenters. The second kappa shape index (κ2) is 4.46. The minimum atomic E-state index is -0.176. The van der Waals surface area contributed by atoms with Gasteiger partial charge in [0.05, 0.1) is 7.11 Å². The van der Waals surface area contributed by atoms with E-state index in [4.69, 9.17) is 4.74 Å². The molecule has 0 saturated heterocycles. The number of allylic oxidation sites excluding steroid dienone is 1. The molecule has 1 aromatic rings. The fourth-order valence-electron chi connectivity index (χ4n) is 4.26. The Morgan fingerprint density at radius 3 is 2.52 bits per heavy atom. The molecular weight excluding hydrogens is 260 g/mol. The van der Waals surface area contributed by atoms with Crippen LogP contribution in [0.3, 0.4) is 0 Å². The molecule has 1 aromatic carbocycles. The molecule has 3 rings (SSSR count). The number of rotatable bonds is 2. The molecule has 2 fully saturated rings. The number of Topliss-reactive ketones (excluding diaryl/α,β-unsaturated/α-hetero) is 1. The number of fused-ring (bicyclic) bond motifs is 2. The summed E-state index contributed by atoms with van der Waals surface area (Å²) in [7, 11) is 1.68. The summed E-state index contributed by atoms with van der Waals surface area (Å²) in [5, 5.41) is 0. The van der Waals surface area contributed by atoms with Gasteiger partial charge < -0.3 is 4.74 Å². The number of benzene rings is 1. The van der Waals surface area contributed by atoms with Crippen LogP contribution in [0, 0.1) is 23.7 Å². The van der Waals surface area contributed by atoms with Gasteiger partial charge in [-0.1, -0.05) is 26.8 Å². The molecule has 0 spiro atoms. The van der Waals surface area contributed by atoms with Crippen LogP contribution in [0.5, 0.6) is 5.75 Å². The van der Waals surface area contributed by atoms with Crippen LogP contribution in [0.25, 0.3) is 6.08 Å². The van der Waals surface area contributed by atoms with E-state index in [1.807, 2.05) is 19.1 Å². The Morgan fingerprint density at radius 1 is 1.29 bits per heavy atom. The van der Waals surface area contributed by atoms with E-state index in [2.05, 4.69) is 32.9 Å². The first-order chi connectivity index (χ1) is 9.81. The molecule has 2 aliphatic rings. The predicted molar refractivity (Wildman–Crippen MR) is 85.3 cm³/mol. The SMILES string of the molecule is COc1ccc(/C=C2/C(=O)C3(C)CCC2C3(C)C)cc1C. The van der Waals surface area contributed by atoms with Crippen molar-refractivity contribution in [2.45, 2.75) is 40.5 Å². The van der Waals surface area contributed by atoms with Crippen molar-refractivity contribution in [1.29, 1.82) is 0 Å². The van der Waals surface area contributed by atoms with Gasteiger partial charge in [0, 0.05) is 5.41 Å². The Morgan fingerprint density at radius 2 is 2.00 bits per heavy atom. The number of ether oxygens (including phenoxy) is 1. The zero-order valence-electron chi connectivity index (χ0n) is 13.6. The molecule has 0 aliphatic heterocycles. The minimum absolute atomic E-state index is 0.0808. The molecule has 2 saturated carbocycles. The molecular formula is C19H24O2. The Bertz CT molecular complexity index is 639. The van der Waals surface area contributed by atoms with Crippen molar-refractivity contribution in [3.8, 4) is 5.75 Å². The largest absolute Gasteiger partial charge is 0.496 e. The van der Waals surface area contributed by atoms with Gasteiger partial charge >= 0.3 is 0 Å². The van der Waals surface area contributed by atoms with E-state index < -0.39 is 0 Å². The standard InChI is InChI=1S/C19H24O2/c1-12-10-13(6-7-16(12)21-5)11-14-15-8-9-19(4,17(14)20)18(15,2)3/h6-7,10-11,15H,8-9H2,1-5H3/b14-11+. The third-order valence-electron chi connectivity index (χ3n) is 6.11. The lowest BCUT2D eigenvalue weighted by Crippen LogP contribution is -2.32. The third kappa shape index (κ3) is 1.81. The first-order valence-corrected chi connectivity index (χ1v) is 7.72. The summed E-state index contributed by atoms with van der Waals surface area (Å²) in [6, 6.07) is 6.11. The zero-order valence-corrected chi connectivity index (χ0v) is 13.6. The van der Waals surface area contributed by atoms with Gasteiger partial charge in [-0.05, 0) is 66.0 Å². The van der Waals surface area contributed by atoms with Crippen molar-refractivity contribution in [3.05, 3.63) is 34.9 Å². The van der Waals surface area contributed by atoms with Gasteiger partial charge in [-0.2, -0.15) is 0 Å². The van der Waals surface area contributed by atoms with E-state index in [9.17, 15) is 4.79 Å². The van der Waals surface area contributed by atoms with E-state index in [0.29, 0.717) is 11.7 Å². The second-order valence-electron chi connectivity index (χ2n) is 7.30. The minimum Gasteiger partial charge on any atom is -0.496 e. The van der Waals surface area contributed by atoms with E-state index in [-0.39, 0.29) is 10.8 Å². The summed E-state index contributed by atoms with van der Waals surface area (Å²) < 4.78 is 5.30. The Hall–Kier alpha value is -1.57. The van der Waals surface area contributed by atoms with Crippen LogP contribution >= 0.6 is 0 Å². The van der Waals surface area contributed by atoms with E-state index >= 15 is 0 Å². The van der Waals surface area contributed by atoms with Crippen LogP contribution in [0.4, 0.5) is 0 Å². The summed E-state index contributed by atoms with van der Waals surface area (Å²) in [5.41, 5.74) is 3.14. The Balaban J connectivity index is 2.02. The summed E-state index contributed by atoms with van der Waals surface area (Å²) in [6.45, 7) is 8.69. The number of carbonyl (C=O) groups excluding carboxylic acids is 1. The lowest BCUT2D eigenvalue weighted by atomic mass is 9.70. The molecule has 0 aromatic heterocycles. The molecule has 0 amide bonds. The van der Waals surface area contributed by atoms with Gasteiger partial charge in [0.25, 0.3) is 0 Å². The maximum Gasteiger partial charge on any atom is 0.165 e. The van der Waals surface area contributed by atoms with Gasteiger partial charge in [-0.25, -0.2) is 0 Å². The molecule has 2 bridgehead atoms. The van der Waals surface area contributed by atoms with Crippen LogP contribution in [0.2, 0.25) is 0 Å². The monoisotopic (exact) mass is 284 g/mol. The van der Waals surface area contributed by atoms with Gasteiger partial charge in [-0.3, -0.25) is 4.79 Å². The molecule has 0 radical (unpaired) electrons. The van der Waals surface area contributed by atoms with E-state index in [0.717, 1.165) is 35.3 Å². The van der Waals surface area contributed by atoms with Crippen molar-refractivity contribution in [2.24, 2.45) is 16.7 Å². The molecule has 2 heteroatoms. The normalized spacial score (nSPS) is 32.0. The van der Waals surface area contributed by atoms with Crippen LogP contribution in [0.1, 0.15) is 44.7 Å². The highest BCUT2D eigenvalue weighted by Crippen LogP contribution is 2.65. The topological polar surface area (TPSA) is 26.3 Å². The average Bonchev–Trinajstić information content (AvgIpc) is 2.73. The third-order valence-corrected chi connectivity index (χ3v) is 6.11. The molecule has 21 heavy (non-hydrogen) atoms. The van der Waals surface area contributed by atoms with Crippen LogP contribution in [0.15, 0.2) is 23.8 Å². The first-order valence-electron chi connectivity index (χ1n) is 7.72. The van der Waals surface area contributed by atoms with Crippen molar-refractivity contribution < 1.29 is 9.53 Å². The van der Waals surface area contributed by atoms with Gasteiger partial charge in [0.2, 0.25) is 0 Å². The van der Waals surface area contributed by atoms with Gasteiger partial charge in [0.15, 0.2) is 5.78 Å². The van der Waals surface area contributed by atoms with E-state index in [1.165, 1.54) is 0 Å². The molecule has 0 heterocycles. The Labute approximate surface area is 127 Å². The number of carbonyl (C=O) groups is 1. The lowest BCUT2D eigenvalue weighted by Gasteiger charge is -2.31. The highest BCUT2D eigenvalue weighted by molar-refractivity contribution is 6.07. The van der Waals surface area contributed by atoms with E-state index in [1.54, 1.807) is 7.11 Å². The second-order valence-corrected chi connectivity index (χ2v) is 7.30. The quantitative estimate of drug-likeness (QED) is 0.752. The highest BCUT2D eigenvalue weighted by Gasteiger charge is 2.63. The summed E-state index contributed by atoms with van der Waals surface area (Å²) in [4.78, 5) is 12.8. The summed E-state index contributed by atoms with van der Waals surface area (Å²) in [5.74, 6) is 1.65. The zero-order chi connectivity index (χ0) is 15.4. The maximum absolute atomic E-state index is 12.8. The number of ketones is 1. The molecule has 112 valence electrons. The van der Waals surface area contributed by atoms with Crippen molar-refractivity contribution >= 4 is 11.9 Å². The van der Waals surface area contributed by atoms with Gasteiger partial charge in [-0.15, -0.1) is 0 Å². The van der Waals surface area contributed by atoms with Crippen molar-refractivity contribution in [2.75, 3.05) is 7.11 Å². The number of hydrogen-bond acceptors (Lipinski definition) is 2. The number of methoxy groups -OCH3 is 1.